The summed E-state index contributed by atoms with van der Waals surface area (Å²) in [6.07, 6.45) is 0. The van der Waals surface area contributed by atoms with E-state index in [-0.39, 0.29) is 11.2 Å². The number of hydrogen-bond donors (Lipinski definition) is 1. The maximum atomic E-state index is 10.3. The summed E-state index contributed by atoms with van der Waals surface area (Å²) in [6.45, 7) is 6.84. The summed E-state index contributed by atoms with van der Waals surface area (Å²) in [5.74, 6) is -1.32. The number of hydrogen-bond acceptors (Lipinski definition) is 3. The second kappa shape index (κ2) is 3.15. The van der Waals surface area contributed by atoms with Crippen LogP contribution in [0.25, 0.3) is 0 Å². The van der Waals surface area contributed by atoms with Crippen LogP contribution >= 0.6 is 0 Å². The normalized spacial score (nSPS) is 19.4. The highest BCUT2D eigenvalue weighted by Gasteiger charge is 2.34. The molecule has 1 aliphatic heterocycles. The van der Waals surface area contributed by atoms with Crippen molar-refractivity contribution in [1.82, 2.24) is 0 Å². The van der Waals surface area contributed by atoms with Gasteiger partial charge in [-0.1, -0.05) is 6.92 Å². The van der Waals surface area contributed by atoms with Crippen molar-refractivity contribution in [3.63, 3.8) is 0 Å². The van der Waals surface area contributed by atoms with E-state index in [1.165, 1.54) is 0 Å². The van der Waals surface area contributed by atoms with Crippen LogP contribution in [0.2, 0.25) is 0 Å². The summed E-state index contributed by atoms with van der Waals surface area (Å²) < 4.78 is 9.91. The van der Waals surface area contributed by atoms with Crippen LogP contribution in [0, 0.1) is 5.41 Å². The van der Waals surface area contributed by atoms with E-state index < -0.39 is 5.97 Å². The Labute approximate surface area is 70.8 Å². The van der Waals surface area contributed by atoms with Crippen molar-refractivity contribution in [2.45, 2.75) is 6.92 Å². The third-order valence-corrected chi connectivity index (χ3v) is 1.73. The monoisotopic (exact) mass is 172 g/mol. The molecule has 12 heavy (non-hydrogen) atoms. The van der Waals surface area contributed by atoms with Gasteiger partial charge >= 0.3 is 5.97 Å². The molecule has 1 aliphatic rings. The van der Waals surface area contributed by atoms with E-state index in [0.717, 1.165) is 0 Å². The van der Waals surface area contributed by atoms with Gasteiger partial charge in [-0.25, -0.2) is 4.79 Å². The van der Waals surface area contributed by atoms with Crippen molar-refractivity contribution in [1.29, 1.82) is 0 Å². The maximum Gasteiger partial charge on any atom is 0.370 e. The van der Waals surface area contributed by atoms with Gasteiger partial charge in [0, 0.05) is 5.41 Å². The fourth-order valence-electron chi connectivity index (χ4n) is 0.857. The molecule has 4 heteroatoms. The molecule has 1 rings (SSSR count). The molecule has 68 valence electrons. The third-order valence-electron chi connectivity index (χ3n) is 1.73. The van der Waals surface area contributed by atoms with Gasteiger partial charge in [0.1, 0.15) is 0 Å². The third kappa shape index (κ3) is 1.98. The summed E-state index contributed by atoms with van der Waals surface area (Å²) in [4.78, 5) is 10.3. The highest BCUT2D eigenvalue weighted by atomic mass is 16.5. The molecule has 0 saturated carbocycles. The first-order chi connectivity index (χ1) is 5.53. The molecule has 4 nitrogen and oxygen atoms in total. The van der Waals surface area contributed by atoms with Crippen LogP contribution in [0.3, 0.4) is 0 Å². The molecular weight excluding hydrogens is 160 g/mol. The Hall–Kier alpha value is -1.03. The smallest absolute Gasteiger partial charge is 0.370 e. The van der Waals surface area contributed by atoms with Crippen molar-refractivity contribution in [2.24, 2.45) is 5.41 Å². The predicted molar refractivity (Wildman–Crippen MR) is 41.7 cm³/mol. The van der Waals surface area contributed by atoms with E-state index in [4.69, 9.17) is 14.6 Å². The fourth-order valence-corrected chi connectivity index (χ4v) is 0.857. The molecule has 0 aromatic heterocycles. The largest absolute Gasteiger partial charge is 0.486 e. The Kier molecular flexibility index (Phi) is 2.38. The average molecular weight is 172 g/mol. The number of rotatable bonds is 4. The van der Waals surface area contributed by atoms with Gasteiger partial charge in [-0.2, -0.15) is 0 Å². The van der Waals surface area contributed by atoms with Gasteiger partial charge < -0.3 is 14.6 Å². The lowest BCUT2D eigenvalue weighted by Crippen LogP contribution is -2.43. The number of carboxylic acid groups (broad SMARTS) is 1. The lowest BCUT2D eigenvalue weighted by Gasteiger charge is -2.37. The number of aliphatic carboxylic acids is 1. The zero-order valence-corrected chi connectivity index (χ0v) is 7.00. The van der Waals surface area contributed by atoms with Crippen molar-refractivity contribution in [3.8, 4) is 0 Å². The fraction of sp³-hybridized carbons (Fsp3) is 0.625. The van der Waals surface area contributed by atoms with Crippen molar-refractivity contribution in [3.05, 3.63) is 12.3 Å². The summed E-state index contributed by atoms with van der Waals surface area (Å²) in [5.41, 5.74) is -0.0294. The van der Waals surface area contributed by atoms with E-state index >= 15 is 0 Å². The van der Waals surface area contributed by atoms with Gasteiger partial charge in [0.2, 0.25) is 0 Å². The molecule has 1 N–H and O–H groups in total. The van der Waals surface area contributed by atoms with Crippen LogP contribution in [0.4, 0.5) is 0 Å². The molecule has 0 amide bonds. The number of carboxylic acids is 1. The first-order valence-electron chi connectivity index (χ1n) is 3.66. The van der Waals surface area contributed by atoms with Crippen LogP contribution in [0.5, 0.6) is 0 Å². The molecule has 0 spiro atoms. The minimum absolute atomic E-state index is 0.0294. The van der Waals surface area contributed by atoms with E-state index in [9.17, 15) is 4.79 Å². The molecule has 0 aromatic rings. The average Bonchev–Trinajstić information content (AvgIpc) is 1.96. The lowest BCUT2D eigenvalue weighted by atomic mass is 9.90. The summed E-state index contributed by atoms with van der Waals surface area (Å²) in [5, 5.41) is 8.41. The minimum atomic E-state index is -1.11. The zero-order chi connectivity index (χ0) is 9.19. The summed E-state index contributed by atoms with van der Waals surface area (Å²) in [6, 6.07) is 0. The molecule has 0 bridgehead atoms. The first kappa shape index (κ1) is 9.06. The van der Waals surface area contributed by atoms with Gasteiger partial charge in [0.15, 0.2) is 5.76 Å². The quantitative estimate of drug-likeness (QED) is 0.499. The van der Waals surface area contributed by atoms with Gasteiger partial charge in [-0.15, -0.1) is 0 Å². The Balaban J connectivity index is 2.25. The molecule has 0 radical (unpaired) electrons. The van der Waals surface area contributed by atoms with Crippen LogP contribution in [0.1, 0.15) is 6.92 Å². The SMILES string of the molecule is C=C(OCC1(C)COC1)C(=O)O. The molecule has 1 heterocycles. The molecule has 0 atom stereocenters. The van der Waals surface area contributed by atoms with Crippen molar-refractivity contribution < 1.29 is 19.4 Å². The first-order valence-corrected chi connectivity index (χ1v) is 3.66. The Morgan fingerprint density at radius 2 is 2.33 bits per heavy atom. The highest BCUT2D eigenvalue weighted by molar-refractivity contribution is 5.83. The van der Waals surface area contributed by atoms with Gasteiger partial charge in [0.05, 0.1) is 19.8 Å². The second-order valence-corrected chi connectivity index (χ2v) is 3.32. The van der Waals surface area contributed by atoms with Gasteiger partial charge in [-0.05, 0) is 6.58 Å². The predicted octanol–water partition coefficient (Wildman–Crippen LogP) is 0.638. The Morgan fingerprint density at radius 3 is 2.67 bits per heavy atom. The lowest BCUT2D eigenvalue weighted by molar-refractivity contribution is -0.146. The van der Waals surface area contributed by atoms with Crippen LogP contribution in [0.15, 0.2) is 12.3 Å². The molecule has 0 aliphatic carbocycles. The van der Waals surface area contributed by atoms with Gasteiger partial charge in [-0.3, -0.25) is 0 Å². The molecule has 1 fully saturated rings. The molecule has 0 unspecified atom stereocenters. The summed E-state index contributed by atoms with van der Waals surface area (Å²) >= 11 is 0. The standard InChI is InChI=1S/C8H12O4/c1-6(7(9)10)12-5-8(2)3-11-4-8/h1,3-5H2,2H3,(H,9,10). The Bertz CT molecular complexity index is 205. The van der Waals surface area contributed by atoms with E-state index in [0.29, 0.717) is 19.8 Å². The highest BCUT2D eigenvalue weighted by Crippen LogP contribution is 2.27. The molecule has 1 saturated heterocycles. The van der Waals surface area contributed by atoms with Crippen LogP contribution in [-0.2, 0) is 14.3 Å². The number of carbonyl (C=O) groups is 1. The van der Waals surface area contributed by atoms with E-state index in [1.54, 1.807) is 0 Å². The van der Waals surface area contributed by atoms with Crippen LogP contribution in [-0.4, -0.2) is 30.9 Å². The van der Waals surface area contributed by atoms with Gasteiger partial charge in [0.25, 0.3) is 0 Å². The second-order valence-electron chi connectivity index (χ2n) is 3.32. The van der Waals surface area contributed by atoms with E-state index in [2.05, 4.69) is 6.58 Å². The van der Waals surface area contributed by atoms with Crippen LogP contribution < -0.4 is 0 Å². The topological polar surface area (TPSA) is 55.8 Å². The van der Waals surface area contributed by atoms with Crippen molar-refractivity contribution >= 4 is 5.97 Å². The maximum absolute atomic E-state index is 10.3. The zero-order valence-electron chi connectivity index (χ0n) is 7.00. The van der Waals surface area contributed by atoms with Crippen molar-refractivity contribution in [2.75, 3.05) is 19.8 Å². The minimum Gasteiger partial charge on any atom is -0.486 e. The van der Waals surface area contributed by atoms with E-state index in [1.807, 2.05) is 6.92 Å². The summed E-state index contributed by atoms with van der Waals surface area (Å²) in [7, 11) is 0. The molecular formula is C8H12O4. The Morgan fingerprint density at radius 1 is 1.75 bits per heavy atom. The molecule has 0 aromatic carbocycles. The number of ether oxygens (including phenoxy) is 2.